The molecule has 0 amide bonds. The summed E-state index contributed by atoms with van der Waals surface area (Å²) < 4.78 is 50.7. The van der Waals surface area contributed by atoms with Crippen LogP contribution in [-0.4, -0.2) is 19.7 Å². The standard InChI is InChI=1S/C8H5F4N5/c9-4-3-14-7(13)15-6(4)17-2-1-5(16-17)8(10,11)12/h1-3H,(H2,13,14,15). The molecule has 2 rings (SSSR count). The second-order valence-electron chi connectivity index (χ2n) is 3.04. The van der Waals surface area contributed by atoms with E-state index < -0.39 is 23.5 Å². The van der Waals surface area contributed by atoms with Crippen molar-refractivity contribution in [2.75, 3.05) is 5.73 Å². The van der Waals surface area contributed by atoms with Gasteiger partial charge < -0.3 is 5.73 Å². The molecule has 2 aromatic rings. The number of nitrogens with zero attached hydrogens (tertiary/aromatic N) is 4. The van der Waals surface area contributed by atoms with Crippen molar-refractivity contribution in [2.24, 2.45) is 0 Å². The SMILES string of the molecule is Nc1ncc(F)c(-n2ccc(C(F)(F)F)n2)n1. The van der Waals surface area contributed by atoms with Crippen LogP contribution in [0.2, 0.25) is 0 Å². The van der Waals surface area contributed by atoms with Crippen LogP contribution in [0.4, 0.5) is 23.5 Å². The predicted molar refractivity (Wildman–Crippen MR) is 48.5 cm³/mol. The Morgan fingerprint density at radius 1 is 1.29 bits per heavy atom. The van der Waals surface area contributed by atoms with Crippen molar-refractivity contribution in [3.05, 3.63) is 30.0 Å². The van der Waals surface area contributed by atoms with E-state index in [0.29, 0.717) is 10.7 Å². The molecule has 0 atom stereocenters. The van der Waals surface area contributed by atoms with Crippen LogP contribution in [0.25, 0.3) is 5.82 Å². The van der Waals surface area contributed by atoms with Crippen LogP contribution in [0.15, 0.2) is 18.5 Å². The number of halogens is 4. The number of rotatable bonds is 1. The average molecular weight is 247 g/mol. The molecule has 0 aliphatic heterocycles. The lowest BCUT2D eigenvalue weighted by molar-refractivity contribution is -0.141. The van der Waals surface area contributed by atoms with E-state index in [9.17, 15) is 17.6 Å². The zero-order chi connectivity index (χ0) is 12.6. The van der Waals surface area contributed by atoms with E-state index in [-0.39, 0.29) is 5.95 Å². The number of aromatic nitrogens is 4. The summed E-state index contributed by atoms with van der Waals surface area (Å²) in [6, 6.07) is 0.706. The fourth-order valence-electron chi connectivity index (χ4n) is 1.13. The molecule has 0 aromatic carbocycles. The molecule has 2 heterocycles. The second-order valence-corrected chi connectivity index (χ2v) is 3.04. The Hall–Kier alpha value is -2.19. The van der Waals surface area contributed by atoms with Gasteiger partial charge in [0.1, 0.15) is 0 Å². The number of nitrogen functional groups attached to an aromatic ring is 1. The molecule has 90 valence electrons. The van der Waals surface area contributed by atoms with Gasteiger partial charge in [-0.05, 0) is 6.07 Å². The predicted octanol–water partition coefficient (Wildman–Crippen LogP) is 1.40. The van der Waals surface area contributed by atoms with E-state index in [0.717, 1.165) is 12.4 Å². The maximum atomic E-state index is 13.2. The number of hydrogen-bond donors (Lipinski definition) is 1. The highest BCUT2D eigenvalue weighted by Crippen LogP contribution is 2.27. The highest BCUT2D eigenvalue weighted by Gasteiger charge is 2.33. The third kappa shape index (κ3) is 2.17. The van der Waals surface area contributed by atoms with Gasteiger partial charge in [0.2, 0.25) is 5.95 Å². The second kappa shape index (κ2) is 3.68. The molecule has 0 fully saturated rings. The van der Waals surface area contributed by atoms with Gasteiger partial charge in [-0.15, -0.1) is 0 Å². The monoisotopic (exact) mass is 247 g/mol. The topological polar surface area (TPSA) is 69.6 Å². The van der Waals surface area contributed by atoms with Crippen molar-refractivity contribution in [1.29, 1.82) is 0 Å². The van der Waals surface area contributed by atoms with Crippen LogP contribution in [-0.2, 0) is 6.18 Å². The summed E-state index contributed by atoms with van der Waals surface area (Å²) >= 11 is 0. The van der Waals surface area contributed by atoms with Crippen molar-refractivity contribution in [1.82, 2.24) is 19.7 Å². The van der Waals surface area contributed by atoms with Gasteiger partial charge in [-0.3, -0.25) is 0 Å². The van der Waals surface area contributed by atoms with Gasteiger partial charge in [0.15, 0.2) is 17.3 Å². The highest BCUT2D eigenvalue weighted by atomic mass is 19.4. The van der Waals surface area contributed by atoms with Gasteiger partial charge in [-0.1, -0.05) is 0 Å². The molecule has 9 heteroatoms. The first kappa shape index (κ1) is 11.3. The summed E-state index contributed by atoms with van der Waals surface area (Å²) in [5.74, 6) is -1.62. The Balaban J connectivity index is 2.47. The third-order valence-electron chi connectivity index (χ3n) is 1.84. The molecule has 0 aliphatic carbocycles. The maximum Gasteiger partial charge on any atom is 0.435 e. The lowest BCUT2D eigenvalue weighted by atomic mass is 10.4. The highest BCUT2D eigenvalue weighted by molar-refractivity contribution is 5.29. The summed E-state index contributed by atoms with van der Waals surface area (Å²) in [5, 5.41) is 3.16. The third-order valence-corrected chi connectivity index (χ3v) is 1.84. The minimum atomic E-state index is -4.60. The number of nitrogens with two attached hydrogens (primary N) is 1. The maximum absolute atomic E-state index is 13.2. The van der Waals surface area contributed by atoms with Crippen molar-refractivity contribution < 1.29 is 17.6 Å². The van der Waals surface area contributed by atoms with Gasteiger partial charge in [0.05, 0.1) is 6.20 Å². The first-order chi connectivity index (χ1) is 7.88. The summed E-state index contributed by atoms with van der Waals surface area (Å²) in [5.41, 5.74) is 4.06. The first-order valence-electron chi connectivity index (χ1n) is 4.29. The van der Waals surface area contributed by atoms with E-state index >= 15 is 0 Å². The molecule has 2 N–H and O–H groups in total. The summed E-state index contributed by atoms with van der Waals surface area (Å²) in [6.07, 6.45) is -2.90. The molecule has 0 radical (unpaired) electrons. The first-order valence-corrected chi connectivity index (χ1v) is 4.29. The lowest BCUT2D eigenvalue weighted by Gasteiger charge is -2.03. The normalized spacial score (nSPS) is 11.8. The van der Waals surface area contributed by atoms with E-state index in [1.54, 1.807) is 0 Å². The van der Waals surface area contributed by atoms with Crippen LogP contribution in [0.3, 0.4) is 0 Å². The molecule has 5 nitrogen and oxygen atoms in total. The van der Waals surface area contributed by atoms with Crippen molar-refractivity contribution in [3.8, 4) is 5.82 Å². The number of alkyl halides is 3. The smallest absolute Gasteiger partial charge is 0.368 e. The molecule has 17 heavy (non-hydrogen) atoms. The van der Waals surface area contributed by atoms with Gasteiger partial charge in [0.25, 0.3) is 0 Å². The fraction of sp³-hybridized carbons (Fsp3) is 0.125. The van der Waals surface area contributed by atoms with Crippen LogP contribution < -0.4 is 5.73 Å². The molecule has 0 saturated heterocycles. The zero-order valence-corrected chi connectivity index (χ0v) is 8.11. The lowest BCUT2D eigenvalue weighted by Crippen LogP contribution is -2.10. The number of hydrogen-bond acceptors (Lipinski definition) is 4. The van der Waals surface area contributed by atoms with Crippen molar-refractivity contribution in [3.63, 3.8) is 0 Å². The largest absolute Gasteiger partial charge is 0.435 e. The van der Waals surface area contributed by atoms with Crippen LogP contribution in [0.5, 0.6) is 0 Å². The minimum Gasteiger partial charge on any atom is -0.368 e. The molecule has 0 spiro atoms. The van der Waals surface area contributed by atoms with E-state index in [1.165, 1.54) is 0 Å². The molecule has 0 aliphatic rings. The Morgan fingerprint density at radius 3 is 2.59 bits per heavy atom. The Kier molecular flexibility index (Phi) is 2.45. The Bertz CT molecular complexity index is 547. The van der Waals surface area contributed by atoms with E-state index in [2.05, 4.69) is 15.1 Å². The van der Waals surface area contributed by atoms with E-state index in [1.807, 2.05) is 0 Å². The molecule has 2 aromatic heterocycles. The molecule has 0 bridgehead atoms. The van der Waals surface area contributed by atoms with Gasteiger partial charge in [-0.2, -0.15) is 23.3 Å². The fourth-order valence-corrected chi connectivity index (χ4v) is 1.13. The van der Waals surface area contributed by atoms with E-state index in [4.69, 9.17) is 5.73 Å². The number of anilines is 1. The zero-order valence-electron chi connectivity index (χ0n) is 8.11. The summed E-state index contributed by atoms with van der Waals surface area (Å²) in [6.45, 7) is 0. The average Bonchev–Trinajstić information content (AvgIpc) is 2.70. The minimum absolute atomic E-state index is 0.259. The van der Waals surface area contributed by atoms with Gasteiger partial charge >= 0.3 is 6.18 Å². The van der Waals surface area contributed by atoms with Crippen LogP contribution >= 0.6 is 0 Å². The van der Waals surface area contributed by atoms with Crippen molar-refractivity contribution in [2.45, 2.75) is 6.18 Å². The molecular formula is C8H5F4N5. The van der Waals surface area contributed by atoms with Crippen LogP contribution in [0, 0.1) is 5.82 Å². The Labute approximate surface area is 91.9 Å². The van der Waals surface area contributed by atoms with Crippen molar-refractivity contribution >= 4 is 5.95 Å². The molecule has 0 saturated carbocycles. The van der Waals surface area contributed by atoms with Gasteiger partial charge in [0, 0.05) is 6.20 Å². The Morgan fingerprint density at radius 2 is 2.00 bits per heavy atom. The quantitative estimate of drug-likeness (QED) is 0.773. The summed E-state index contributed by atoms with van der Waals surface area (Å²) in [4.78, 5) is 6.81. The van der Waals surface area contributed by atoms with Crippen LogP contribution in [0.1, 0.15) is 5.69 Å². The van der Waals surface area contributed by atoms with Gasteiger partial charge in [-0.25, -0.2) is 14.1 Å². The molecular weight excluding hydrogens is 242 g/mol. The summed E-state index contributed by atoms with van der Waals surface area (Å²) in [7, 11) is 0. The molecule has 0 unspecified atom stereocenters.